The van der Waals surface area contributed by atoms with Crippen LogP contribution < -0.4 is 5.32 Å². The number of amides is 1. The molecule has 1 aliphatic rings. The predicted octanol–water partition coefficient (Wildman–Crippen LogP) is 1.32. The molecule has 0 bridgehead atoms. The van der Waals surface area contributed by atoms with Crippen molar-refractivity contribution in [2.24, 2.45) is 0 Å². The molecule has 0 spiro atoms. The lowest BCUT2D eigenvalue weighted by Crippen LogP contribution is -2.48. The van der Waals surface area contributed by atoms with Crippen molar-refractivity contribution in [2.75, 3.05) is 19.6 Å². The summed E-state index contributed by atoms with van der Waals surface area (Å²) in [4.78, 5) is 14.3. The molecule has 1 amide bonds. The Kier molecular flexibility index (Phi) is 4.36. The quantitative estimate of drug-likeness (QED) is 0.847. The van der Waals surface area contributed by atoms with Crippen LogP contribution in [0.5, 0.6) is 0 Å². The maximum absolute atomic E-state index is 12.3. The SMILES string of the molecule is CCCNC1CCCN(C(=O)c2cn[nH]c2C)C1. The number of piperidine rings is 1. The number of aromatic nitrogens is 2. The molecular formula is C13H22N4O. The van der Waals surface area contributed by atoms with Crippen LogP contribution in [0.4, 0.5) is 0 Å². The highest BCUT2D eigenvalue weighted by molar-refractivity contribution is 5.95. The van der Waals surface area contributed by atoms with E-state index >= 15 is 0 Å². The molecule has 2 N–H and O–H groups in total. The van der Waals surface area contributed by atoms with Gasteiger partial charge in [-0.25, -0.2) is 0 Å². The van der Waals surface area contributed by atoms with Crippen molar-refractivity contribution >= 4 is 5.91 Å². The van der Waals surface area contributed by atoms with Gasteiger partial charge in [-0.15, -0.1) is 0 Å². The maximum Gasteiger partial charge on any atom is 0.257 e. The Morgan fingerprint density at radius 1 is 1.67 bits per heavy atom. The zero-order valence-electron chi connectivity index (χ0n) is 11.2. The van der Waals surface area contributed by atoms with Crippen molar-refractivity contribution in [1.29, 1.82) is 0 Å². The lowest BCUT2D eigenvalue weighted by molar-refractivity contribution is 0.0694. The van der Waals surface area contributed by atoms with E-state index in [0.29, 0.717) is 11.6 Å². The number of nitrogens with zero attached hydrogens (tertiary/aromatic N) is 2. The van der Waals surface area contributed by atoms with Gasteiger partial charge in [-0.1, -0.05) is 6.92 Å². The molecule has 1 aromatic heterocycles. The molecular weight excluding hydrogens is 228 g/mol. The number of aromatic amines is 1. The summed E-state index contributed by atoms with van der Waals surface area (Å²) in [6, 6.07) is 0.440. The summed E-state index contributed by atoms with van der Waals surface area (Å²) < 4.78 is 0. The maximum atomic E-state index is 12.3. The highest BCUT2D eigenvalue weighted by atomic mass is 16.2. The van der Waals surface area contributed by atoms with Crippen LogP contribution in [0.25, 0.3) is 0 Å². The number of aryl methyl sites for hydroxylation is 1. The first-order valence-corrected chi connectivity index (χ1v) is 6.75. The Morgan fingerprint density at radius 3 is 3.17 bits per heavy atom. The molecule has 5 heteroatoms. The fraction of sp³-hybridized carbons (Fsp3) is 0.692. The van der Waals surface area contributed by atoms with Gasteiger partial charge in [-0.2, -0.15) is 5.10 Å². The number of carbonyl (C=O) groups is 1. The second-order valence-corrected chi connectivity index (χ2v) is 4.95. The van der Waals surface area contributed by atoms with E-state index in [2.05, 4.69) is 22.4 Å². The van der Waals surface area contributed by atoms with Crippen molar-refractivity contribution in [3.63, 3.8) is 0 Å². The van der Waals surface area contributed by atoms with Gasteiger partial charge in [0, 0.05) is 24.8 Å². The first-order chi connectivity index (χ1) is 8.72. The average Bonchev–Trinajstić information content (AvgIpc) is 2.82. The van der Waals surface area contributed by atoms with Crippen LogP contribution in [0, 0.1) is 6.92 Å². The highest BCUT2D eigenvalue weighted by Crippen LogP contribution is 2.15. The first kappa shape index (κ1) is 13.1. The van der Waals surface area contributed by atoms with Gasteiger partial charge in [-0.3, -0.25) is 9.89 Å². The first-order valence-electron chi connectivity index (χ1n) is 6.75. The zero-order valence-corrected chi connectivity index (χ0v) is 11.2. The molecule has 0 aromatic carbocycles. The van der Waals surface area contributed by atoms with E-state index in [9.17, 15) is 4.79 Å². The molecule has 1 saturated heterocycles. The zero-order chi connectivity index (χ0) is 13.0. The third-order valence-corrected chi connectivity index (χ3v) is 3.45. The highest BCUT2D eigenvalue weighted by Gasteiger charge is 2.25. The van der Waals surface area contributed by atoms with E-state index in [1.165, 1.54) is 0 Å². The Morgan fingerprint density at radius 2 is 2.50 bits per heavy atom. The van der Waals surface area contributed by atoms with Crippen LogP contribution in [0.3, 0.4) is 0 Å². The summed E-state index contributed by atoms with van der Waals surface area (Å²) in [5, 5.41) is 10.2. The normalized spacial score (nSPS) is 20.1. The van der Waals surface area contributed by atoms with E-state index in [0.717, 1.165) is 44.6 Å². The Bertz CT molecular complexity index is 401. The molecule has 1 fully saturated rings. The predicted molar refractivity (Wildman–Crippen MR) is 70.5 cm³/mol. The lowest BCUT2D eigenvalue weighted by atomic mass is 10.0. The molecule has 5 nitrogen and oxygen atoms in total. The molecule has 1 aliphatic heterocycles. The summed E-state index contributed by atoms with van der Waals surface area (Å²) in [5.74, 6) is 0.101. The fourth-order valence-corrected chi connectivity index (χ4v) is 2.41. The smallest absolute Gasteiger partial charge is 0.257 e. The third kappa shape index (κ3) is 2.90. The van der Waals surface area contributed by atoms with E-state index in [-0.39, 0.29) is 5.91 Å². The standard InChI is InChI=1S/C13H22N4O/c1-3-6-14-11-5-4-7-17(9-11)13(18)12-8-15-16-10(12)2/h8,11,14H,3-7,9H2,1-2H3,(H,15,16). The summed E-state index contributed by atoms with van der Waals surface area (Å²) in [6.45, 7) is 6.74. The van der Waals surface area contributed by atoms with Crippen LogP contribution in [-0.4, -0.2) is 46.7 Å². The number of H-pyrrole nitrogens is 1. The third-order valence-electron chi connectivity index (χ3n) is 3.45. The van der Waals surface area contributed by atoms with Gasteiger partial charge in [-0.05, 0) is 32.7 Å². The monoisotopic (exact) mass is 250 g/mol. The molecule has 2 heterocycles. The summed E-state index contributed by atoms with van der Waals surface area (Å²) in [6.07, 6.45) is 4.99. The van der Waals surface area contributed by atoms with Crippen molar-refractivity contribution in [3.8, 4) is 0 Å². The average molecular weight is 250 g/mol. The van der Waals surface area contributed by atoms with Gasteiger partial charge >= 0.3 is 0 Å². The van der Waals surface area contributed by atoms with Crippen LogP contribution in [0.15, 0.2) is 6.20 Å². The van der Waals surface area contributed by atoms with Gasteiger partial charge in [0.25, 0.3) is 5.91 Å². The van der Waals surface area contributed by atoms with Crippen molar-refractivity contribution < 1.29 is 4.79 Å². The molecule has 2 rings (SSSR count). The van der Waals surface area contributed by atoms with Crippen LogP contribution in [-0.2, 0) is 0 Å². The van der Waals surface area contributed by atoms with Gasteiger partial charge in [0.15, 0.2) is 0 Å². The Hall–Kier alpha value is -1.36. The number of hydrogen-bond acceptors (Lipinski definition) is 3. The lowest BCUT2D eigenvalue weighted by Gasteiger charge is -2.33. The number of likely N-dealkylation sites (tertiary alicyclic amines) is 1. The van der Waals surface area contributed by atoms with Gasteiger partial charge in [0.1, 0.15) is 0 Å². The molecule has 0 saturated carbocycles. The molecule has 1 atom stereocenters. The fourth-order valence-electron chi connectivity index (χ4n) is 2.41. The Labute approximate surface area is 108 Å². The number of carbonyl (C=O) groups excluding carboxylic acids is 1. The van der Waals surface area contributed by atoms with Gasteiger partial charge < -0.3 is 10.2 Å². The van der Waals surface area contributed by atoms with Gasteiger partial charge in [0.2, 0.25) is 0 Å². The molecule has 1 unspecified atom stereocenters. The van der Waals surface area contributed by atoms with E-state index in [4.69, 9.17) is 0 Å². The largest absolute Gasteiger partial charge is 0.337 e. The van der Waals surface area contributed by atoms with E-state index in [1.54, 1.807) is 6.20 Å². The molecule has 100 valence electrons. The van der Waals surface area contributed by atoms with Crippen LogP contribution in [0.2, 0.25) is 0 Å². The van der Waals surface area contributed by atoms with Crippen molar-refractivity contribution in [1.82, 2.24) is 20.4 Å². The summed E-state index contributed by atoms with van der Waals surface area (Å²) >= 11 is 0. The second-order valence-electron chi connectivity index (χ2n) is 4.95. The van der Waals surface area contributed by atoms with Gasteiger partial charge in [0.05, 0.1) is 11.8 Å². The number of hydrogen-bond donors (Lipinski definition) is 2. The molecule has 0 radical (unpaired) electrons. The second kappa shape index (κ2) is 6.00. The summed E-state index contributed by atoms with van der Waals surface area (Å²) in [7, 11) is 0. The molecule has 1 aromatic rings. The Balaban J connectivity index is 1.96. The minimum Gasteiger partial charge on any atom is -0.337 e. The minimum atomic E-state index is 0.101. The van der Waals surface area contributed by atoms with Crippen molar-refractivity contribution in [3.05, 3.63) is 17.5 Å². The van der Waals surface area contributed by atoms with E-state index in [1.807, 2.05) is 11.8 Å². The van der Waals surface area contributed by atoms with E-state index < -0.39 is 0 Å². The number of rotatable bonds is 4. The van der Waals surface area contributed by atoms with Crippen molar-refractivity contribution in [2.45, 2.75) is 39.2 Å². The van der Waals surface area contributed by atoms with Crippen LogP contribution >= 0.6 is 0 Å². The molecule has 0 aliphatic carbocycles. The molecule has 18 heavy (non-hydrogen) atoms. The minimum absolute atomic E-state index is 0.101. The number of nitrogens with one attached hydrogen (secondary N) is 2. The summed E-state index contributed by atoms with van der Waals surface area (Å²) in [5.41, 5.74) is 1.55. The topological polar surface area (TPSA) is 61.0 Å². The van der Waals surface area contributed by atoms with Crippen LogP contribution in [0.1, 0.15) is 42.2 Å².